The number of benzene rings is 1. The molecular formula is C13H16N4OS. The van der Waals surface area contributed by atoms with E-state index in [4.69, 9.17) is 0 Å². The molecule has 2 aromatic rings. The van der Waals surface area contributed by atoms with Gasteiger partial charge >= 0.3 is 0 Å². The molecule has 1 N–H and O–H groups in total. The van der Waals surface area contributed by atoms with Gasteiger partial charge in [0.25, 0.3) is 0 Å². The number of carbonyl (C=O) groups excluding carboxylic acids is 1. The summed E-state index contributed by atoms with van der Waals surface area (Å²) in [7, 11) is 0. The van der Waals surface area contributed by atoms with Crippen LogP contribution in [0.5, 0.6) is 0 Å². The maximum absolute atomic E-state index is 11.5. The topological polar surface area (TPSA) is 59.8 Å². The zero-order chi connectivity index (χ0) is 13.7. The molecule has 0 aliphatic heterocycles. The van der Waals surface area contributed by atoms with E-state index in [9.17, 15) is 4.79 Å². The van der Waals surface area contributed by atoms with Crippen LogP contribution < -0.4 is 5.32 Å². The number of nitrogens with one attached hydrogen (secondary N) is 1. The van der Waals surface area contributed by atoms with Gasteiger partial charge in [-0.2, -0.15) is 0 Å². The highest BCUT2D eigenvalue weighted by Gasteiger charge is 2.12. The summed E-state index contributed by atoms with van der Waals surface area (Å²) in [5.74, 6) is 1.16. The normalized spacial score (nSPS) is 10.4. The van der Waals surface area contributed by atoms with Crippen LogP contribution in [-0.2, 0) is 4.79 Å². The van der Waals surface area contributed by atoms with Gasteiger partial charge in [-0.25, -0.2) is 0 Å². The summed E-state index contributed by atoms with van der Waals surface area (Å²) >= 11 is 1.39. The van der Waals surface area contributed by atoms with Crippen molar-refractivity contribution in [2.24, 2.45) is 0 Å². The van der Waals surface area contributed by atoms with Gasteiger partial charge in [-0.15, -0.1) is 10.2 Å². The third kappa shape index (κ3) is 3.35. The minimum Gasteiger partial charge on any atom is -0.356 e. The van der Waals surface area contributed by atoms with E-state index in [0.29, 0.717) is 12.3 Å². The van der Waals surface area contributed by atoms with E-state index in [0.717, 1.165) is 16.7 Å². The number of para-hydroxylation sites is 1. The predicted molar refractivity (Wildman–Crippen MR) is 75.5 cm³/mol. The highest BCUT2D eigenvalue weighted by molar-refractivity contribution is 7.99. The van der Waals surface area contributed by atoms with E-state index < -0.39 is 0 Å². The highest BCUT2D eigenvalue weighted by atomic mass is 32.2. The van der Waals surface area contributed by atoms with Gasteiger partial charge in [-0.3, -0.25) is 9.36 Å². The first-order valence-corrected chi connectivity index (χ1v) is 7.08. The monoisotopic (exact) mass is 276 g/mol. The molecule has 1 aromatic carbocycles. The molecule has 2 rings (SSSR count). The maximum Gasteiger partial charge on any atom is 0.230 e. The Morgan fingerprint density at radius 2 is 2.05 bits per heavy atom. The second kappa shape index (κ2) is 6.38. The van der Waals surface area contributed by atoms with Crippen LogP contribution in [0.2, 0.25) is 0 Å². The van der Waals surface area contributed by atoms with Gasteiger partial charge in [-0.05, 0) is 26.0 Å². The van der Waals surface area contributed by atoms with Crippen molar-refractivity contribution >= 4 is 17.7 Å². The van der Waals surface area contributed by atoms with Crippen LogP contribution in [0.4, 0.5) is 0 Å². The molecule has 1 amide bonds. The number of nitrogens with zero attached hydrogens (tertiary/aromatic N) is 3. The number of hydrogen-bond acceptors (Lipinski definition) is 4. The number of thioether (sulfide) groups is 1. The lowest BCUT2D eigenvalue weighted by Crippen LogP contribution is -2.24. The van der Waals surface area contributed by atoms with Crippen molar-refractivity contribution in [3.05, 3.63) is 36.2 Å². The maximum atomic E-state index is 11.5. The first kappa shape index (κ1) is 13.6. The fraction of sp³-hybridized carbons (Fsp3) is 0.308. The second-order valence-corrected chi connectivity index (χ2v) is 4.89. The van der Waals surface area contributed by atoms with Gasteiger partial charge in [0, 0.05) is 12.2 Å². The van der Waals surface area contributed by atoms with Crippen LogP contribution >= 0.6 is 11.8 Å². The van der Waals surface area contributed by atoms with E-state index in [1.807, 2.05) is 48.7 Å². The van der Waals surface area contributed by atoms with Crippen LogP contribution in [-0.4, -0.2) is 33.0 Å². The first-order chi connectivity index (χ1) is 9.22. The molecular weight excluding hydrogens is 260 g/mol. The minimum absolute atomic E-state index is 0.00719. The molecule has 0 fully saturated rings. The lowest BCUT2D eigenvalue weighted by molar-refractivity contribution is -0.118. The first-order valence-electron chi connectivity index (χ1n) is 6.09. The summed E-state index contributed by atoms with van der Waals surface area (Å²) in [6.45, 7) is 4.44. The van der Waals surface area contributed by atoms with E-state index >= 15 is 0 Å². The highest BCUT2D eigenvalue weighted by Crippen LogP contribution is 2.21. The molecule has 6 heteroatoms. The molecule has 0 aliphatic carbocycles. The van der Waals surface area contributed by atoms with Crippen LogP contribution in [0.15, 0.2) is 35.5 Å². The number of hydrogen-bond donors (Lipinski definition) is 1. The van der Waals surface area contributed by atoms with Crippen molar-refractivity contribution in [2.45, 2.75) is 19.0 Å². The standard InChI is InChI=1S/C13H16N4OS/c1-3-14-12(18)9-19-13-16-15-10(2)17(13)11-7-5-4-6-8-11/h4-8H,3,9H2,1-2H3,(H,14,18). The summed E-state index contributed by atoms with van der Waals surface area (Å²) in [4.78, 5) is 11.5. The molecule has 0 unspecified atom stereocenters. The number of amides is 1. The smallest absolute Gasteiger partial charge is 0.230 e. The fourth-order valence-electron chi connectivity index (χ4n) is 1.69. The Morgan fingerprint density at radius 3 is 2.74 bits per heavy atom. The molecule has 1 aromatic heterocycles. The van der Waals surface area contributed by atoms with Gasteiger partial charge in [0.15, 0.2) is 5.16 Å². The molecule has 1 heterocycles. The summed E-state index contributed by atoms with van der Waals surface area (Å²) in [6, 6.07) is 9.88. The Balaban J connectivity index is 2.17. The van der Waals surface area contributed by atoms with E-state index in [1.165, 1.54) is 11.8 Å². The average molecular weight is 276 g/mol. The number of aryl methyl sites for hydroxylation is 1. The second-order valence-electron chi connectivity index (χ2n) is 3.94. The van der Waals surface area contributed by atoms with Crippen molar-refractivity contribution in [2.75, 3.05) is 12.3 Å². The van der Waals surface area contributed by atoms with E-state index in [-0.39, 0.29) is 5.91 Å². The quantitative estimate of drug-likeness (QED) is 0.846. The molecule has 0 spiro atoms. The van der Waals surface area contributed by atoms with Crippen molar-refractivity contribution in [3.8, 4) is 5.69 Å². The Hall–Kier alpha value is -1.82. The molecule has 0 aliphatic rings. The lowest BCUT2D eigenvalue weighted by Gasteiger charge is -2.07. The van der Waals surface area contributed by atoms with Gasteiger partial charge in [0.1, 0.15) is 5.82 Å². The molecule has 5 nitrogen and oxygen atoms in total. The number of aromatic nitrogens is 3. The Labute approximate surface area is 116 Å². The fourth-order valence-corrected chi connectivity index (χ4v) is 2.52. The molecule has 0 saturated carbocycles. The number of carbonyl (C=O) groups is 1. The van der Waals surface area contributed by atoms with E-state index in [1.54, 1.807) is 0 Å². The van der Waals surface area contributed by atoms with Gasteiger partial charge < -0.3 is 5.32 Å². The van der Waals surface area contributed by atoms with Crippen molar-refractivity contribution in [1.29, 1.82) is 0 Å². The summed E-state index contributed by atoms with van der Waals surface area (Å²) in [5.41, 5.74) is 1.00. The number of rotatable bonds is 5. The Morgan fingerprint density at radius 1 is 1.32 bits per heavy atom. The van der Waals surface area contributed by atoms with Crippen LogP contribution in [0, 0.1) is 6.92 Å². The van der Waals surface area contributed by atoms with E-state index in [2.05, 4.69) is 15.5 Å². The Kier molecular flexibility index (Phi) is 4.57. The molecule has 0 atom stereocenters. The summed E-state index contributed by atoms with van der Waals surface area (Å²) in [6.07, 6.45) is 0. The molecule has 0 bridgehead atoms. The lowest BCUT2D eigenvalue weighted by atomic mass is 10.3. The van der Waals surface area contributed by atoms with Crippen LogP contribution in [0.25, 0.3) is 5.69 Å². The minimum atomic E-state index is 0.00719. The summed E-state index contributed by atoms with van der Waals surface area (Å²) < 4.78 is 1.95. The largest absolute Gasteiger partial charge is 0.356 e. The van der Waals surface area contributed by atoms with Gasteiger partial charge in [0.05, 0.1) is 5.75 Å². The molecule has 0 saturated heterocycles. The third-order valence-electron chi connectivity index (χ3n) is 2.52. The molecule has 19 heavy (non-hydrogen) atoms. The van der Waals surface area contributed by atoms with Crippen molar-refractivity contribution in [3.63, 3.8) is 0 Å². The summed E-state index contributed by atoms with van der Waals surface area (Å²) in [5, 5.41) is 11.7. The van der Waals surface area contributed by atoms with Crippen molar-refractivity contribution < 1.29 is 4.79 Å². The van der Waals surface area contributed by atoms with Crippen LogP contribution in [0.3, 0.4) is 0 Å². The predicted octanol–water partition coefficient (Wildman–Crippen LogP) is 1.80. The zero-order valence-electron chi connectivity index (χ0n) is 11.0. The molecule has 0 radical (unpaired) electrons. The van der Waals surface area contributed by atoms with Gasteiger partial charge in [-0.1, -0.05) is 30.0 Å². The molecule has 100 valence electrons. The van der Waals surface area contributed by atoms with Crippen molar-refractivity contribution in [1.82, 2.24) is 20.1 Å². The zero-order valence-corrected chi connectivity index (χ0v) is 11.8. The SMILES string of the molecule is CCNC(=O)CSc1nnc(C)n1-c1ccccc1. The average Bonchev–Trinajstić information content (AvgIpc) is 2.79. The third-order valence-corrected chi connectivity index (χ3v) is 3.44. The van der Waals surface area contributed by atoms with Gasteiger partial charge in [0.2, 0.25) is 5.91 Å². The Bertz CT molecular complexity index is 553. The van der Waals surface area contributed by atoms with Crippen LogP contribution in [0.1, 0.15) is 12.7 Å².